The summed E-state index contributed by atoms with van der Waals surface area (Å²) in [5.41, 5.74) is 4.81. The average Bonchev–Trinajstić information content (AvgIpc) is 3.34. The summed E-state index contributed by atoms with van der Waals surface area (Å²) in [7, 11) is 0. The zero-order valence-corrected chi connectivity index (χ0v) is 25.9. The molecule has 1 saturated heterocycles. The maximum atomic E-state index is 14.0. The van der Waals surface area contributed by atoms with Gasteiger partial charge in [0.1, 0.15) is 18.2 Å². The van der Waals surface area contributed by atoms with Crippen LogP contribution in [0.3, 0.4) is 0 Å². The third-order valence-electron chi connectivity index (χ3n) is 8.03. The van der Waals surface area contributed by atoms with E-state index < -0.39 is 0 Å². The molecule has 0 aliphatic carbocycles. The molecule has 1 unspecified atom stereocenters. The smallest absolute Gasteiger partial charge is 0.242 e. The number of rotatable bonds is 5. The first-order valence-electron chi connectivity index (χ1n) is 14.4. The molecule has 44 heavy (non-hydrogen) atoms. The van der Waals surface area contributed by atoms with Crippen LogP contribution in [0.4, 0.5) is 10.2 Å². The molecule has 2 aliphatic rings. The van der Waals surface area contributed by atoms with Crippen molar-refractivity contribution < 1.29 is 18.8 Å². The van der Waals surface area contributed by atoms with Crippen molar-refractivity contribution in [3.05, 3.63) is 100 Å². The van der Waals surface area contributed by atoms with Crippen molar-refractivity contribution >= 4 is 46.9 Å². The Morgan fingerprint density at radius 2 is 1.57 bits per heavy atom. The van der Waals surface area contributed by atoms with Crippen LogP contribution < -0.4 is 4.90 Å². The van der Waals surface area contributed by atoms with Crippen LogP contribution in [-0.4, -0.2) is 75.8 Å². The standard InChI is InChI=1S/C33H31ClFN5O3S/c1-21-3-13-27(14-4-21)40-33-30(31(36-40)23-5-9-25(34)10-6-23)32(24-7-11-26(35)12-8-24)44-20-29(43)39(33)19-28(42)38-17-15-37(16-18-38)22(2)41/h3-14,32H,15-20H2,1-2H3. The van der Waals surface area contributed by atoms with Gasteiger partial charge in [0.2, 0.25) is 17.7 Å². The van der Waals surface area contributed by atoms with Crippen LogP contribution >= 0.6 is 23.4 Å². The zero-order valence-electron chi connectivity index (χ0n) is 24.4. The lowest BCUT2D eigenvalue weighted by molar-refractivity contribution is -0.137. The van der Waals surface area contributed by atoms with Gasteiger partial charge in [0, 0.05) is 49.3 Å². The lowest BCUT2D eigenvalue weighted by Gasteiger charge is -2.35. The van der Waals surface area contributed by atoms with E-state index in [0.717, 1.165) is 27.9 Å². The topological polar surface area (TPSA) is 78.8 Å². The maximum absolute atomic E-state index is 14.0. The Morgan fingerprint density at radius 1 is 0.932 bits per heavy atom. The van der Waals surface area contributed by atoms with Gasteiger partial charge >= 0.3 is 0 Å². The fraction of sp³-hybridized carbons (Fsp3) is 0.273. The number of benzene rings is 3. The molecule has 2 aliphatic heterocycles. The number of hydrogen-bond acceptors (Lipinski definition) is 5. The first kappa shape index (κ1) is 29.9. The van der Waals surface area contributed by atoms with Crippen molar-refractivity contribution in [2.75, 3.05) is 43.4 Å². The summed E-state index contributed by atoms with van der Waals surface area (Å²) in [4.78, 5) is 44.5. The van der Waals surface area contributed by atoms with E-state index in [4.69, 9.17) is 16.7 Å². The number of aromatic nitrogens is 2. The number of halogens is 2. The van der Waals surface area contributed by atoms with Gasteiger partial charge in [0.15, 0.2) is 0 Å². The summed E-state index contributed by atoms with van der Waals surface area (Å²) in [6.07, 6.45) is 0. The molecule has 0 N–H and O–H groups in total. The van der Waals surface area contributed by atoms with Crippen molar-refractivity contribution in [3.8, 4) is 16.9 Å². The molecule has 6 rings (SSSR count). The zero-order chi connectivity index (χ0) is 31.0. The van der Waals surface area contributed by atoms with Gasteiger partial charge in [-0.3, -0.25) is 19.3 Å². The Bertz CT molecular complexity index is 1700. The highest BCUT2D eigenvalue weighted by Gasteiger charge is 2.38. The van der Waals surface area contributed by atoms with E-state index in [1.165, 1.54) is 35.7 Å². The van der Waals surface area contributed by atoms with Gasteiger partial charge in [0.05, 0.1) is 22.4 Å². The molecule has 11 heteroatoms. The Morgan fingerprint density at radius 3 is 2.20 bits per heavy atom. The molecule has 3 heterocycles. The number of hydrogen-bond donors (Lipinski definition) is 0. The monoisotopic (exact) mass is 631 g/mol. The molecule has 8 nitrogen and oxygen atoms in total. The number of piperazine rings is 1. The Balaban J connectivity index is 1.51. The van der Waals surface area contributed by atoms with Crippen LogP contribution in [0.5, 0.6) is 0 Å². The number of fused-ring (bicyclic) bond motifs is 1. The molecule has 0 spiro atoms. The van der Waals surface area contributed by atoms with Crippen molar-refractivity contribution in [1.29, 1.82) is 0 Å². The van der Waals surface area contributed by atoms with Gasteiger partial charge in [-0.2, -0.15) is 5.10 Å². The molecule has 226 valence electrons. The minimum absolute atomic E-state index is 0.0231. The summed E-state index contributed by atoms with van der Waals surface area (Å²) >= 11 is 7.67. The van der Waals surface area contributed by atoms with E-state index in [-0.39, 0.29) is 41.1 Å². The Hall–Kier alpha value is -4.15. The average molecular weight is 632 g/mol. The number of amides is 3. The quantitative estimate of drug-likeness (QED) is 0.291. The Kier molecular flexibility index (Phi) is 8.46. The van der Waals surface area contributed by atoms with Crippen LogP contribution in [0.25, 0.3) is 16.9 Å². The second-order valence-electron chi connectivity index (χ2n) is 10.9. The number of thioether (sulfide) groups is 1. The molecule has 0 saturated carbocycles. The van der Waals surface area contributed by atoms with Crippen LogP contribution in [0, 0.1) is 12.7 Å². The minimum atomic E-state index is -0.376. The molecule has 0 bridgehead atoms. The fourth-order valence-corrected chi connectivity index (χ4v) is 6.94. The second-order valence-corrected chi connectivity index (χ2v) is 12.5. The van der Waals surface area contributed by atoms with Crippen molar-refractivity contribution in [2.24, 2.45) is 0 Å². The highest BCUT2D eigenvalue weighted by molar-refractivity contribution is 8.00. The highest BCUT2D eigenvalue weighted by atomic mass is 35.5. The highest BCUT2D eigenvalue weighted by Crippen LogP contribution is 2.48. The van der Waals surface area contributed by atoms with Crippen LogP contribution in [0.2, 0.25) is 5.02 Å². The molecule has 0 radical (unpaired) electrons. The summed E-state index contributed by atoms with van der Waals surface area (Å²) < 4.78 is 15.8. The normalized spacial score (nSPS) is 17.0. The first-order chi connectivity index (χ1) is 21.2. The summed E-state index contributed by atoms with van der Waals surface area (Å²) in [5, 5.41) is 5.29. The van der Waals surface area contributed by atoms with E-state index in [1.807, 2.05) is 43.3 Å². The van der Waals surface area contributed by atoms with Gasteiger partial charge in [-0.15, -0.1) is 11.8 Å². The number of nitrogens with zero attached hydrogens (tertiary/aromatic N) is 5. The van der Waals surface area contributed by atoms with Crippen LogP contribution in [-0.2, 0) is 14.4 Å². The van der Waals surface area contributed by atoms with E-state index >= 15 is 0 Å². The number of aryl methyl sites for hydroxylation is 1. The van der Waals surface area contributed by atoms with Crippen molar-refractivity contribution in [2.45, 2.75) is 19.1 Å². The lowest BCUT2D eigenvalue weighted by Crippen LogP contribution is -2.53. The van der Waals surface area contributed by atoms with E-state index in [9.17, 15) is 18.8 Å². The molecule has 4 aromatic rings. The third kappa shape index (κ3) is 5.96. The lowest BCUT2D eigenvalue weighted by atomic mass is 9.99. The molecular formula is C33H31ClFN5O3S. The molecule has 1 fully saturated rings. The van der Waals surface area contributed by atoms with Crippen LogP contribution in [0.15, 0.2) is 72.8 Å². The van der Waals surface area contributed by atoms with Crippen molar-refractivity contribution in [3.63, 3.8) is 0 Å². The number of carbonyl (C=O) groups excluding carboxylic acids is 3. The predicted octanol–water partition coefficient (Wildman–Crippen LogP) is 5.50. The van der Waals surface area contributed by atoms with Gasteiger partial charge < -0.3 is 9.80 Å². The van der Waals surface area contributed by atoms with Gasteiger partial charge in [-0.05, 0) is 48.9 Å². The molecule has 1 atom stereocenters. The van der Waals surface area contributed by atoms with Gasteiger partial charge in [-0.1, -0.05) is 53.6 Å². The van der Waals surface area contributed by atoms with E-state index in [0.29, 0.717) is 42.7 Å². The molecule has 3 aromatic carbocycles. The first-order valence-corrected chi connectivity index (χ1v) is 15.8. The number of carbonyl (C=O) groups is 3. The van der Waals surface area contributed by atoms with Crippen molar-refractivity contribution in [1.82, 2.24) is 19.6 Å². The van der Waals surface area contributed by atoms with E-state index in [2.05, 4.69) is 0 Å². The summed E-state index contributed by atoms with van der Waals surface area (Å²) in [6.45, 7) is 5.03. The largest absolute Gasteiger partial charge is 0.339 e. The SMILES string of the molecule is CC(=O)N1CCN(C(=O)CN2C(=O)CSC(c3ccc(F)cc3)c3c(-c4ccc(Cl)cc4)nn(-c4ccc(C)cc4)c32)CC1. The predicted molar refractivity (Wildman–Crippen MR) is 171 cm³/mol. The summed E-state index contributed by atoms with van der Waals surface area (Å²) in [5.74, 6) is -0.205. The third-order valence-corrected chi connectivity index (χ3v) is 9.54. The molecule has 3 amide bonds. The van der Waals surface area contributed by atoms with E-state index in [1.54, 1.807) is 38.7 Å². The minimum Gasteiger partial charge on any atom is -0.339 e. The molecular weight excluding hydrogens is 601 g/mol. The summed E-state index contributed by atoms with van der Waals surface area (Å²) in [6, 6.07) is 21.4. The maximum Gasteiger partial charge on any atom is 0.242 e. The van der Waals surface area contributed by atoms with Crippen LogP contribution in [0.1, 0.15) is 28.9 Å². The van der Waals surface area contributed by atoms with Gasteiger partial charge in [-0.25, -0.2) is 9.07 Å². The Labute approximate surface area is 264 Å². The second kappa shape index (κ2) is 12.5. The number of anilines is 1. The van der Waals surface area contributed by atoms with Gasteiger partial charge in [0.25, 0.3) is 0 Å². The molecule has 1 aromatic heterocycles. The fourth-order valence-electron chi connectivity index (χ4n) is 5.61.